The number of benzene rings is 1. The number of carbonyl (C=O) groups is 1. The van der Waals surface area contributed by atoms with E-state index in [4.69, 9.17) is 5.11 Å². The minimum Gasteiger partial charge on any atom is -0.476 e. The van der Waals surface area contributed by atoms with Crippen molar-refractivity contribution < 1.29 is 9.90 Å². The molecular weight excluding hydrogens is 248 g/mol. The first-order valence-corrected chi connectivity index (χ1v) is 6.34. The number of nitrogens with zero attached hydrogens (tertiary/aromatic N) is 1. The maximum absolute atomic E-state index is 10.8. The smallest absolute Gasteiger partial charge is 0.355 e. The van der Waals surface area contributed by atoms with Crippen LogP contribution in [0.15, 0.2) is 35.8 Å². The van der Waals surface area contributed by atoms with Crippen molar-refractivity contribution in [3.63, 3.8) is 0 Å². The van der Waals surface area contributed by atoms with Crippen LogP contribution < -0.4 is 0 Å². The van der Waals surface area contributed by atoms with Gasteiger partial charge in [0.05, 0.1) is 5.01 Å². The van der Waals surface area contributed by atoms with Crippen molar-refractivity contribution in [3.05, 3.63) is 52.1 Å². The molecule has 90 valence electrons. The summed E-state index contributed by atoms with van der Waals surface area (Å²) in [6.07, 6.45) is 2.61. The largest absolute Gasteiger partial charge is 0.476 e. The first-order valence-electron chi connectivity index (χ1n) is 5.47. The number of thiazole rings is 1. The van der Waals surface area contributed by atoms with E-state index in [2.05, 4.69) is 9.97 Å². The highest BCUT2D eigenvalue weighted by Crippen LogP contribution is 2.22. The zero-order valence-corrected chi connectivity index (χ0v) is 10.2. The fourth-order valence-corrected chi connectivity index (χ4v) is 2.72. The molecule has 0 unspecified atom stereocenters. The summed E-state index contributed by atoms with van der Waals surface area (Å²) < 4.78 is 0. The molecule has 4 nitrogen and oxygen atoms in total. The van der Waals surface area contributed by atoms with Crippen LogP contribution in [0.3, 0.4) is 0 Å². The molecule has 0 atom stereocenters. The van der Waals surface area contributed by atoms with Crippen molar-refractivity contribution in [1.29, 1.82) is 0 Å². The van der Waals surface area contributed by atoms with Crippen LogP contribution in [-0.2, 0) is 6.42 Å². The predicted molar refractivity (Wildman–Crippen MR) is 70.2 cm³/mol. The fourth-order valence-electron chi connectivity index (χ4n) is 1.93. The lowest BCUT2D eigenvalue weighted by Crippen LogP contribution is -1.96. The number of carboxylic acids is 1. The third-order valence-electron chi connectivity index (χ3n) is 2.79. The van der Waals surface area contributed by atoms with Crippen molar-refractivity contribution in [1.82, 2.24) is 9.97 Å². The van der Waals surface area contributed by atoms with Crippen molar-refractivity contribution in [2.75, 3.05) is 0 Å². The summed E-state index contributed by atoms with van der Waals surface area (Å²) in [7, 11) is 0. The Labute approximate surface area is 107 Å². The standard InChI is InChI=1S/C13H10N2O2S/c16-13(17)11-7-18-12(15-11)5-8-6-14-10-4-2-1-3-9(8)10/h1-4,6-7,14H,5H2,(H,16,17). The number of aromatic amines is 1. The quantitative estimate of drug-likeness (QED) is 0.759. The number of nitrogens with one attached hydrogen (secondary N) is 1. The number of para-hydroxylation sites is 1. The number of rotatable bonds is 3. The topological polar surface area (TPSA) is 66.0 Å². The zero-order chi connectivity index (χ0) is 12.5. The number of hydrogen-bond donors (Lipinski definition) is 2. The Morgan fingerprint density at radius 3 is 3.00 bits per heavy atom. The van der Waals surface area contributed by atoms with Crippen molar-refractivity contribution in [2.24, 2.45) is 0 Å². The molecule has 2 heterocycles. The molecule has 0 aliphatic carbocycles. The Balaban J connectivity index is 1.93. The van der Waals surface area contributed by atoms with Crippen LogP contribution in [0.2, 0.25) is 0 Å². The van der Waals surface area contributed by atoms with Gasteiger partial charge in [-0.1, -0.05) is 18.2 Å². The highest BCUT2D eigenvalue weighted by atomic mass is 32.1. The predicted octanol–water partition coefficient (Wildman–Crippen LogP) is 2.91. The zero-order valence-electron chi connectivity index (χ0n) is 9.38. The second-order valence-electron chi connectivity index (χ2n) is 3.97. The van der Waals surface area contributed by atoms with Crippen LogP contribution in [0.25, 0.3) is 10.9 Å². The van der Waals surface area contributed by atoms with E-state index in [1.54, 1.807) is 5.38 Å². The number of H-pyrrole nitrogens is 1. The highest BCUT2D eigenvalue weighted by Gasteiger charge is 2.10. The van der Waals surface area contributed by atoms with Gasteiger partial charge in [-0.25, -0.2) is 9.78 Å². The first-order chi connectivity index (χ1) is 8.74. The van der Waals surface area contributed by atoms with Crippen LogP contribution in [-0.4, -0.2) is 21.0 Å². The molecule has 18 heavy (non-hydrogen) atoms. The van der Waals surface area contributed by atoms with Gasteiger partial charge >= 0.3 is 5.97 Å². The van der Waals surface area contributed by atoms with E-state index in [9.17, 15) is 4.79 Å². The summed E-state index contributed by atoms with van der Waals surface area (Å²) in [5.41, 5.74) is 2.34. The van der Waals surface area contributed by atoms with Crippen LogP contribution in [0, 0.1) is 0 Å². The molecule has 0 fully saturated rings. The van der Waals surface area contributed by atoms with Gasteiger partial charge in [-0.05, 0) is 11.6 Å². The van der Waals surface area contributed by atoms with Gasteiger partial charge in [-0.15, -0.1) is 11.3 Å². The summed E-state index contributed by atoms with van der Waals surface area (Å²) >= 11 is 1.38. The lowest BCUT2D eigenvalue weighted by atomic mass is 10.1. The molecule has 0 radical (unpaired) electrons. The molecular formula is C13H10N2O2S. The van der Waals surface area contributed by atoms with E-state index in [1.807, 2.05) is 30.5 Å². The monoisotopic (exact) mass is 258 g/mol. The second-order valence-corrected chi connectivity index (χ2v) is 4.91. The van der Waals surface area contributed by atoms with Crippen LogP contribution in [0.5, 0.6) is 0 Å². The van der Waals surface area contributed by atoms with Gasteiger partial charge in [0, 0.05) is 28.9 Å². The lowest BCUT2D eigenvalue weighted by molar-refractivity contribution is 0.0691. The van der Waals surface area contributed by atoms with E-state index < -0.39 is 5.97 Å². The number of aromatic nitrogens is 2. The van der Waals surface area contributed by atoms with Crippen molar-refractivity contribution in [3.8, 4) is 0 Å². The normalized spacial score (nSPS) is 10.9. The number of hydrogen-bond acceptors (Lipinski definition) is 3. The molecule has 0 saturated heterocycles. The Bertz CT molecular complexity index is 714. The maximum Gasteiger partial charge on any atom is 0.355 e. The van der Waals surface area contributed by atoms with Crippen LogP contribution in [0.1, 0.15) is 21.1 Å². The summed E-state index contributed by atoms with van der Waals surface area (Å²) in [5.74, 6) is -0.976. The maximum atomic E-state index is 10.8. The number of carboxylic acid groups (broad SMARTS) is 1. The van der Waals surface area contributed by atoms with E-state index in [1.165, 1.54) is 11.3 Å². The van der Waals surface area contributed by atoms with Gasteiger partial charge in [0.15, 0.2) is 5.69 Å². The molecule has 5 heteroatoms. The van der Waals surface area contributed by atoms with Gasteiger partial charge in [0.2, 0.25) is 0 Å². The fraction of sp³-hybridized carbons (Fsp3) is 0.0769. The summed E-state index contributed by atoms with van der Waals surface area (Å²) in [5, 5.41) is 12.4. The molecule has 1 aromatic carbocycles. The molecule has 2 N–H and O–H groups in total. The van der Waals surface area contributed by atoms with Gasteiger partial charge in [-0.2, -0.15) is 0 Å². The Kier molecular flexibility index (Phi) is 2.60. The van der Waals surface area contributed by atoms with E-state index in [0.29, 0.717) is 6.42 Å². The Morgan fingerprint density at radius 2 is 2.22 bits per heavy atom. The minimum absolute atomic E-state index is 0.120. The molecule has 0 bridgehead atoms. The number of fused-ring (bicyclic) bond motifs is 1. The third-order valence-corrected chi connectivity index (χ3v) is 3.64. The minimum atomic E-state index is -0.976. The van der Waals surface area contributed by atoms with Crippen LogP contribution in [0.4, 0.5) is 0 Å². The van der Waals surface area contributed by atoms with Crippen molar-refractivity contribution in [2.45, 2.75) is 6.42 Å². The summed E-state index contributed by atoms with van der Waals surface area (Å²) in [6, 6.07) is 8.04. The molecule has 0 saturated carbocycles. The van der Waals surface area contributed by atoms with Crippen LogP contribution >= 0.6 is 11.3 Å². The van der Waals surface area contributed by atoms with Crippen molar-refractivity contribution >= 4 is 28.2 Å². The molecule has 0 aliphatic heterocycles. The molecule has 0 amide bonds. The Hall–Kier alpha value is -2.14. The van der Waals surface area contributed by atoms with E-state index in [0.717, 1.165) is 21.5 Å². The highest BCUT2D eigenvalue weighted by molar-refractivity contribution is 7.09. The molecule has 2 aromatic heterocycles. The first kappa shape index (κ1) is 11.0. The molecule has 0 spiro atoms. The van der Waals surface area contributed by atoms with Gasteiger partial charge in [0.25, 0.3) is 0 Å². The molecule has 0 aliphatic rings. The van der Waals surface area contributed by atoms with Gasteiger partial charge in [-0.3, -0.25) is 0 Å². The lowest BCUT2D eigenvalue weighted by Gasteiger charge is -1.95. The Morgan fingerprint density at radius 1 is 1.39 bits per heavy atom. The molecule has 3 aromatic rings. The average molecular weight is 258 g/mol. The second kappa shape index (κ2) is 4.27. The average Bonchev–Trinajstić information content (AvgIpc) is 2.98. The third kappa shape index (κ3) is 1.89. The summed E-state index contributed by atoms with van der Waals surface area (Å²) in [6.45, 7) is 0. The molecule has 3 rings (SSSR count). The van der Waals surface area contributed by atoms with E-state index in [-0.39, 0.29) is 5.69 Å². The SMILES string of the molecule is O=C(O)c1csc(Cc2c[nH]c3ccccc23)n1. The van der Waals surface area contributed by atoms with E-state index >= 15 is 0 Å². The number of aromatic carboxylic acids is 1. The summed E-state index contributed by atoms with van der Waals surface area (Å²) in [4.78, 5) is 18.1. The van der Waals surface area contributed by atoms with Gasteiger partial charge in [0.1, 0.15) is 0 Å². The van der Waals surface area contributed by atoms with Gasteiger partial charge < -0.3 is 10.1 Å².